The van der Waals surface area contributed by atoms with Gasteiger partial charge in [-0.05, 0) is 29.7 Å². The lowest BCUT2D eigenvalue weighted by Gasteiger charge is -2.14. The van der Waals surface area contributed by atoms with E-state index >= 15 is 0 Å². The number of ether oxygens (including phenoxy) is 2. The zero-order valence-corrected chi connectivity index (χ0v) is 14.7. The molecule has 0 aliphatic heterocycles. The summed E-state index contributed by atoms with van der Waals surface area (Å²) in [6.45, 7) is 4.72. The molecule has 0 atom stereocenters. The Morgan fingerprint density at radius 2 is 1.40 bits per heavy atom. The van der Waals surface area contributed by atoms with Crippen LogP contribution in [0.1, 0.15) is 43.9 Å². The highest BCUT2D eigenvalue weighted by atomic mass is 16.5. The van der Waals surface area contributed by atoms with E-state index in [1.165, 1.54) is 13.8 Å². The van der Waals surface area contributed by atoms with Crippen LogP contribution in [0.5, 0.6) is 11.5 Å². The number of carbonyl (C=O) groups excluding carboxylic acids is 2. The summed E-state index contributed by atoms with van der Waals surface area (Å²) in [6, 6.07) is 13.4. The number of rotatable bonds is 6. The molecular formula is C21H22O4. The van der Waals surface area contributed by atoms with Crippen molar-refractivity contribution >= 4 is 24.1 Å². The molecule has 0 aliphatic carbocycles. The minimum absolute atomic E-state index is 0.407. The van der Waals surface area contributed by atoms with Crippen LogP contribution in [0.3, 0.4) is 0 Å². The van der Waals surface area contributed by atoms with Gasteiger partial charge in [-0.25, -0.2) is 0 Å². The van der Waals surface area contributed by atoms with Crippen LogP contribution in [-0.2, 0) is 16.0 Å². The molecule has 25 heavy (non-hydrogen) atoms. The minimum Gasteiger partial charge on any atom is -0.426 e. The van der Waals surface area contributed by atoms with E-state index in [0.29, 0.717) is 17.9 Å². The molecule has 0 saturated heterocycles. The topological polar surface area (TPSA) is 52.6 Å². The van der Waals surface area contributed by atoms with Crippen molar-refractivity contribution in [2.45, 2.75) is 33.6 Å². The molecule has 0 amide bonds. The summed E-state index contributed by atoms with van der Waals surface area (Å²) >= 11 is 0. The summed E-state index contributed by atoms with van der Waals surface area (Å²) in [4.78, 5) is 22.9. The minimum atomic E-state index is -0.407. The van der Waals surface area contributed by atoms with E-state index in [9.17, 15) is 9.59 Å². The molecule has 0 aliphatic rings. The molecule has 0 saturated carbocycles. The lowest BCUT2D eigenvalue weighted by atomic mass is 10.0. The van der Waals surface area contributed by atoms with Crippen LogP contribution >= 0.6 is 0 Å². The van der Waals surface area contributed by atoms with Gasteiger partial charge in [-0.15, -0.1) is 0 Å². The Balaban J connectivity index is 2.46. The highest BCUT2D eigenvalue weighted by Crippen LogP contribution is 2.33. The van der Waals surface area contributed by atoms with E-state index in [1.54, 1.807) is 12.1 Å². The van der Waals surface area contributed by atoms with Gasteiger partial charge in [-0.3, -0.25) is 9.59 Å². The summed E-state index contributed by atoms with van der Waals surface area (Å²) in [5.74, 6) is 0.0484. The number of hydrogen-bond donors (Lipinski definition) is 0. The number of benzene rings is 2. The van der Waals surface area contributed by atoms with E-state index in [4.69, 9.17) is 9.47 Å². The van der Waals surface area contributed by atoms with E-state index in [2.05, 4.69) is 0 Å². The fraction of sp³-hybridized carbons (Fsp3) is 0.238. The number of carbonyl (C=O) groups is 2. The van der Waals surface area contributed by atoms with Gasteiger partial charge in [0.25, 0.3) is 0 Å². The molecule has 2 aromatic carbocycles. The smallest absolute Gasteiger partial charge is 0.308 e. The fourth-order valence-electron chi connectivity index (χ4n) is 2.48. The van der Waals surface area contributed by atoms with E-state index in [-0.39, 0.29) is 0 Å². The van der Waals surface area contributed by atoms with Crippen molar-refractivity contribution in [1.29, 1.82) is 0 Å². The maximum Gasteiger partial charge on any atom is 0.308 e. The third kappa shape index (κ3) is 5.60. The molecule has 4 heteroatoms. The summed E-state index contributed by atoms with van der Waals surface area (Å²) in [5, 5.41) is 0. The normalized spacial score (nSPS) is 10.7. The van der Waals surface area contributed by atoms with Gasteiger partial charge in [-0.1, -0.05) is 55.8 Å². The third-order valence-electron chi connectivity index (χ3n) is 3.47. The monoisotopic (exact) mass is 338 g/mol. The SMILES string of the molecule is CCCc1c(OC(C)=O)cc(/C=C/c2ccccc2)cc1OC(C)=O. The first-order valence-electron chi connectivity index (χ1n) is 8.26. The van der Waals surface area contributed by atoms with Crippen molar-refractivity contribution < 1.29 is 19.1 Å². The second-order valence-electron chi connectivity index (χ2n) is 5.68. The van der Waals surface area contributed by atoms with E-state index in [0.717, 1.165) is 23.1 Å². The van der Waals surface area contributed by atoms with Crippen LogP contribution in [0.4, 0.5) is 0 Å². The predicted octanol–water partition coefficient (Wildman–Crippen LogP) is 4.66. The quantitative estimate of drug-likeness (QED) is 0.437. The zero-order chi connectivity index (χ0) is 18.2. The zero-order valence-electron chi connectivity index (χ0n) is 14.7. The van der Waals surface area contributed by atoms with Crippen LogP contribution in [0.25, 0.3) is 12.2 Å². The molecule has 0 fully saturated rings. The molecule has 0 radical (unpaired) electrons. The second kappa shape index (κ2) is 8.83. The van der Waals surface area contributed by atoms with E-state index in [1.807, 2.05) is 49.4 Å². The molecule has 0 heterocycles. The highest BCUT2D eigenvalue weighted by molar-refractivity contribution is 5.76. The Labute approximate surface area is 148 Å². The summed E-state index contributed by atoms with van der Waals surface area (Å²) in [6.07, 6.45) is 5.32. The Kier molecular flexibility index (Phi) is 6.52. The number of esters is 2. The Morgan fingerprint density at radius 1 is 0.880 bits per heavy atom. The molecule has 0 aromatic heterocycles. The van der Waals surface area contributed by atoms with Gasteiger partial charge in [0.15, 0.2) is 0 Å². The van der Waals surface area contributed by atoms with Crippen LogP contribution in [0.15, 0.2) is 42.5 Å². The highest BCUT2D eigenvalue weighted by Gasteiger charge is 2.15. The lowest BCUT2D eigenvalue weighted by molar-refractivity contribution is -0.132. The first-order chi connectivity index (χ1) is 12.0. The van der Waals surface area contributed by atoms with Gasteiger partial charge in [0.2, 0.25) is 0 Å². The first kappa shape index (κ1) is 18.5. The molecule has 0 N–H and O–H groups in total. The van der Waals surface area contributed by atoms with Crippen molar-refractivity contribution in [3.63, 3.8) is 0 Å². The Hall–Kier alpha value is -2.88. The molecule has 130 valence electrons. The van der Waals surface area contributed by atoms with Gasteiger partial charge in [0.1, 0.15) is 11.5 Å². The van der Waals surface area contributed by atoms with Crippen molar-refractivity contribution in [2.75, 3.05) is 0 Å². The maximum absolute atomic E-state index is 11.4. The molecule has 2 aromatic rings. The molecule has 2 rings (SSSR count). The van der Waals surface area contributed by atoms with Gasteiger partial charge in [0.05, 0.1) is 0 Å². The third-order valence-corrected chi connectivity index (χ3v) is 3.47. The van der Waals surface area contributed by atoms with Gasteiger partial charge in [0, 0.05) is 19.4 Å². The summed E-state index contributed by atoms with van der Waals surface area (Å²) in [5.41, 5.74) is 2.56. The van der Waals surface area contributed by atoms with Crippen LogP contribution < -0.4 is 9.47 Å². The van der Waals surface area contributed by atoms with Crippen LogP contribution in [-0.4, -0.2) is 11.9 Å². The average molecular weight is 338 g/mol. The molecule has 0 spiro atoms. The van der Waals surface area contributed by atoms with Crippen molar-refractivity contribution in [3.8, 4) is 11.5 Å². The Morgan fingerprint density at radius 3 is 1.88 bits per heavy atom. The standard InChI is InChI=1S/C21H22O4/c1-4-8-19-20(24-15(2)22)13-18(14-21(19)25-16(3)23)12-11-17-9-6-5-7-10-17/h5-7,9-14H,4,8H2,1-3H3/b12-11+. The van der Waals surface area contributed by atoms with Crippen LogP contribution in [0.2, 0.25) is 0 Å². The van der Waals surface area contributed by atoms with Gasteiger partial charge < -0.3 is 9.47 Å². The van der Waals surface area contributed by atoms with Crippen molar-refractivity contribution in [2.24, 2.45) is 0 Å². The van der Waals surface area contributed by atoms with E-state index < -0.39 is 11.9 Å². The molecular weight excluding hydrogens is 316 g/mol. The van der Waals surface area contributed by atoms with Crippen molar-refractivity contribution in [1.82, 2.24) is 0 Å². The van der Waals surface area contributed by atoms with Crippen LogP contribution in [0, 0.1) is 0 Å². The molecule has 0 bridgehead atoms. The lowest BCUT2D eigenvalue weighted by Crippen LogP contribution is -2.09. The fourth-order valence-corrected chi connectivity index (χ4v) is 2.48. The average Bonchev–Trinajstić information content (AvgIpc) is 2.56. The van der Waals surface area contributed by atoms with Gasteiger partial charge in [-0.2, -0.15) is 0 Å². The van der Waals surface area contributed by atoms with Crippen molar-refractivity contribution in [3.05, 3.63) is 59.2 Å². The largest absolute Gasteiger partial charge is 0.426 e. The first-order valence-corrected chi connectivity index (χ1v) is 8.26. The molecule has 4 nitrogen and oxygen atoms in total. The predicted molar refractivity (Wildman–Crippen MR) is 98.4 cm³/mol. The van der Waals surface area contributed by atoms with Gasteiger partial charge >= 0.3 is 11.9 Å². The maximum atomic E-state index is 11.4. The Bertz CT molecular complexity index is 739. The molecule has 0 unspecified atom stereocenters. The second-order valence-corrected chi connectivity index (χ2v) is 5.68. The number of hydrogen-bond acceptors (Lipinski definition) is 4. The summed E-state index contributed by atoms with van der Waals surface area (Å²) in [7, 11) is 0. The summed E-state index contributed by atoms with van der Waals surface area (Å²) < 4.78 is 10.7.